The fourth-order valence-electron chi connectivity index (χ4n) is 14.1. The molecule has 0 saturated heterocycles. The molecule has 0 radical (unpaired) electrons. The number of fused-ring (bicyclic) bond motifs is 8. The number of unbranched alkanes of at least 4 members (excludes halogenated alkanes) is 12. The highest BCUT2D eigenvalue weighted by Crippen LogP contribution is 2.59. The van der Waals surface area contributed by atoms with Crippen molar-refractivity contribution in [3.8, 4) is 74.5 Å². The Labute approximate surface area is 482 Å². The first-order valence-corrected chi connectivity index (χ1v) is 33.6. The molecule has 4 aromatic heterocycles. The van der Waals surface area contributed by atoms with Crippen LogP contribution in [0.2, 0.25) is 0 Å². The summed E-state index contributed by atoms with van der Waals surface area (Å²) in [4.78, 5) is 6.82. The molecule has 0 bridgehead atoms. The van der Waals surface area contributed by atoms with Gasteiger partial charge >= 0.3 is 0 Å². The van der Waals surface area contributed by atoms with Crippen LogP contribution in [0.1, 0.15) is 178 Å². The molecule has 10 aromatic rings. The topological polar surface area (TPSA) is 0 Å². The fraction of sp³-hybridized carbons (Fsp3) is 0.351. The second-order valence-electron chi connectivity index (χ2n) is 23.1. The lowest BCUT2D eigenvalue weighted by Gasteiger charge is -2.33. The van der Waals surface area contributed by atoms with Gasteiger partial charge in [-0.1, -0.05) is 215 Å². The van der Waals surface area contributed by atoms with Gasteiger partial charge in [0.25, 0.3) is 0 Å². The average molecular weight is 1100 g/mol. The normalized spacial score (nSPS) is 13.8. The average Bonchev–Trinajstić information content (AvgIpc) is 4.56. The van der Waals surface area contributed by atoms with Gasteiger partial charge in [-0.25, -0.2) is 0 Å². The molecular weight excluding hydrogens is 1020 g/mol. The molecule has 0 N–H and O–H groups in total. The number of thiophene rings is 4. The smallest absolute Gasteiger partial charge is 0.0442 e. The van der Waals surface area contributed by atoms with Gasteiger partial charge in [-0.3, -0.25) is 0 Å². The standard InChI is InChI=1S/C74H78S4/c1-5-9-13-19-39-73(40-20-14-10-6-2)62-36-32-52(66-27-23-43-75-66)46-61(62)60-35-31-55(49-65(60)73)70-50-56-45-51-25-17-18-26-57(51)71(72(56)78-70)69-38-37-68(77-69)54-30-34-59-58-33-29-53(67-28-24-44-76-67)47-63(58)74(64(59)48-54,41-21-15-11-7-3)42-22-16-12-8-4/h17-18,23-38,43-50H,5-16,19-22,39-42H2,1-4H3. The van der Waals surface area contributed by atoms with Crippen molar-refractivity contribution in [2.75, 3.05) is 0 Å². The Bertz CT molecular complexity index is 3630. The lowest BCUT2D eigenvalue weighted by Crippen LogP contribution is -2.25. The lowest BCUT2D eigenvalue weighted by atomic mass is 9.70. The summed E-state index contributed by atoms with van der Waals surface area (Å²) in [5.41, 5.74) is 19.0. The molecule has 78 heavy (non-hydrogen) atoms. The van der Waals surface area contributed by atoms with Crippen molar-refractivity contribution in [2.24, 2.45) is 0 Å². The van der Waals surface area contributed by atoms with E-state index in [1.54, 1.807) is 22.3 Å². The zero-order valence-electron chi connectivity index (χ0n) is 46.8. The van der Waals surface area contributed by atoms with E-state index in [-0.39, 0.29) is 10.8 Å². The third-order valence-corrected chi connectivity index (χ3v) is 22.3. The molecule has 0 unspecified atom stereocenters. The molecule has 2 aliphatic carbocycles. The predicted octanol–water partition coefficient (Wildman–Crippen LogP) is 25.0. The minimum atomic E-state index is 0.0158. The molecule has 0 saturated carbocycles. The van der Waals surface area contributed by atoms with Crippen LogP contribution in [0.15, 0.2) is 156 Å². The van der Waals surface area contributed by atoms with Gasteiger partial charge in [0, 0.05) is 45.5 Å². The first kappa shape index (κ1) is 53.3. The zero-order valence-corrected chi connectivity index (χ0v) is 50.1. The van der Waals surface area contributed by atoms with E-state index in [0.717, 1.165) is 0 Å². The Hall–Kier alpha value is -5.36. The van der Waals surface area contributed by atoms with Crippen LogP contribution in [0.3, 0.4) is 0 Å². The maximum Gasteiger partial charge on any atom is 0.0442 e. The van der Waals surface area contributed by atoms with E-state index in [1.165, 1.54) is 224 Å². The lowest BCUT2D eigenvalue weighted by molar-refractivity contribution is 0.401. The molecule has 0 amide bonds. The second-order valence-corrected chi connectivity index (χ2v) is 27.1. The maximum absolute atomic E-state index is 2.66. The van der Waals surface area contributed by atoms with Gasteiger partial charge in [0.15, 0.2) is 0 Å². The summed E-state index contributed by atoms with van der Waals surface area (Å²) in [6.07, 6.45) is 25.5. The first-order chi connectivity index (χ1) is 38.5. The van der Waals surface area contributed by atoms with Crippen LogP contribution in [0, 0.1) is 0 Å². The Kier molecular flexibility index (Phi) is 16.2. The molecule has 6 aromatic carbocycles. The van der Waals surface area contributed by atoms with Crippen LogP contribution in [-0.2, 0) is 10.8 Å². The summed E-state index contributed by atoms with van der Waals surface area (Å²) in [6, 6.07) is 58.2. The summed E-state index contributed by atoms with van der Waals surface area (Å²) in [5, 5.41) is 8.46. The summed E-state index contributed by atoms with van der Waals surface area (Å²) in [6.45, 7) is 9.39. The monoisotopic (exact) mass is 1090 g/mol. The molecule has 0 aliphatic heterocycles. The Morgan fingerprint density at radius 1 is 0.321 bits per heavy atom. The third kappa shape index (κ3) is 10.0. The highest BCUT2D eigenvalue weighted by atomic mass is 32.1. The molecule has 0 nitrogen and oxygen atoms in total. The van der Waals surface area contributed by atoms with Crippen LogP contribution >= 0.6 is 45.3 Å². The summed E-state index contributed by atoms with van der Waals surface area (Å²) in [7, 11) is 0. The van der Waals surface area contributed by atoms with E-state index in [1.807, 2.05) is 45.3 Å². The van der Waals surface area contributed by atoms with Crippen molar-refractivity contribution in [1.82, 2.24) is 0 Å². The van der Waals surface area contributed by atoms with Crippen LogP contribution in [0.5, 0.6) is 0 Å². The Morgan fingerprint density at radius 3 is 1.33 bits per heavy atom. The van der Waals surface area contributed by atoms with Gasteiger partial charge in [-0.2, -0.15) is 0 Å². The van der Waals surface area contributed by atoms with Crippen LogP contribution in [0.4, 0.5) is 0 Å². The van der Waals surface area contributed by atoms with Crippen LogP contribution in [-0.4, -0.2) is 0 Å². The highest BCUT2D eigenvalue weighted by Gasteiger charge is 2.44. The van der Waals surface area contributed by atoms with Gasteiger partial charge in [0.2, 0.25) is 0 Å². The Balaban J connectivity index is 0.946. The van der Waals surface area contributed by atoms with Crippen molar-refractivity contribution >= 4 is 66.2 Å². The fourth-order valence-corrected chi connectivity index (χ4v) is 17.9. The van der Waals surface area contributed by atoms with Crippen molar-refractivity contribution in [3.05, 3.63) is 179 Å². The molecule has 12 rings (SSSR count). The van der Waals surface area contributed by atoms with Crippen molar-refractivity contribution in [3.63, 3.8) is 0 Å². The van der Waals surface area contributed by atoms with Gasteiger partial charge in [-0.15, -0.1) is 45.3 Å². The second kappa shape index (κ2) is 23.8. The summed E-state index contributed by atoms with van der Waals surface area (Å²) >= 11 is 7.72. The zero-order chi connectivity index (χ0) is 53.1. The number of benzene rings is 6. The van der Waals surface area contributed by atoms with Crippen molar-refractivity contribution in [2.45, 2.75) is 167 Å². The van der Waals surface area contributed by atoms with Crippen LogP contribution in [0.25, 0.3) is 95.3 Å². The first-order valence-electron chi connectivity index (χ1n) is 30.2. The van der Waals surface area contributed by atoms with Gasteiger partial charge in [0.05, 0.1) is 0 Å². The van der Waals surface area contributed by atoms with Crippen molar-refractivity contribution < 1.29 is 0 Å². The molecule has 2 aliphatic rings. The molecule has 0 fully saturated rings. The maximum atomic E-state index is 2.66. The minimum Gasteiger partial charge on any atom is -0.144 e. The van der Waals surface area contributed by atoms with E-state index in [4.69, 9.17) is 0 Å². The molecule has 4 heterocycles. The SMILES string of the molecule is CCCCCCC1(CCCCCC)c2cc(-c3cccs3)ccc2-c2ccc(-c3ccc(-c4c5ccccc5cc5cc(-c6ccc7c(c6)C(CCCCCC)(CCCCCC)c6ccc(-c8cccs8)cc6-7)sc45)s3)cc21. The van der Waals surface area contributed by atoms with Crippen LogP contribution < -0.4 is 0 Å². The quantitative estimate of drug-likeness (QED) is 0.0501. The minimum absolute atomic E-state index is 0.0158. The van der Waals surface area contributed by atoms with E-state index < -0.39 is 0 Å². The van der Waals surface area contributed by atoms with E-state index >= 15 is 0 Å². The van der Waals surface area contributed by atoms with E-state index in [9.17, 15) is 0 Å². The van der Waals surface area contributed by atoms with E-state index in [2.05, 4.69) is 184 Å². The third-order valence-electron chi connectivity index (χ3n) is 18.1. The largest absolute Gasteiger partial charge is 0.144 e. The van der Waals surface area contributed by atoms with Gasteiger partial charge in [0.1, 0.15) is 0 Å². The van der Waals surface area contributed by atoms with Gasteiger partial charge in [-0.05, 0) is 180 Å². The molecule has 398 valence electrons. The Morgan fingerprint density at radius 2 is 0.795 bits per heavy atom. The number of hydrogen-bond acceptors (Lipinski definition) is 4. The molecule has 0 atom stereocenters. The predicted molar refractivity (Wildman–Crippen MR) is 348 cm³/mol. The molecule has 0 spiro atoms. The number of rotatable bonds is 25. The summed E-state index contributed by atoms with van der Waals surface area (Å²) in [5.74, 6) is 0. The number of hydrogen-bond donors (Lipinski definition) is 0. The molecule has 4 heteroatoms. The molecular formula is C74H78S4. The highest BCUT2D eigenvalue weighted by molar-refractivity contribution is 7.24. The summed E-state index contributed by atoms with van der Waals surface area (Å²) < 4.78 is 1.40. The van der Waals surface area contributed by atoms with Crippen molar-refractivity contribution in [1.29, 1.82) is 0 Å². The van der Waals surface area contributed by atoms with Gasteiger partial charge < -0.3 is 0 Å². The van der Waals surface area contributed by atoms with E-state index in [0.29, 0.717) is 0 Å².